The molecule has 0 bridgehead atoms. The lowest BCUT2D eigenvalue weighted by molar-refractivity contribution is -0.137. The first-order chi connectivity index (χ1) is 15.2. The number of halogens is 5. The van der Waals surface area contributed by atoms with E-state index in [1.165, 1.54) is 18.3 Å². The Morgan fingerprint density at radius 2 is 1.78 bits per heavy atom. The van der Waals surface area contributed by atoms with Crippen molar-refractivity contribution in [1.29, 1.82) is 0 Å². The standard InChI is InChI=1S/C23H17Cl2F3N2O2/c24-19-7-6-17(21(25)12-19)14-32-20-8-4-15(5-9-20)13-29-30-22(31)11-16-2-1-3-18(10-16)23(26,27)28/h1-10,12-13H,11,14H2,(H,30,31)/b29-13+. The van der Waals surface area contributed by atoms with Gasteiger partial charge in [0.15, 0.2) is 0 Å². The van der Waals surface area contributed by atoms with Gasteiger partial charge in [0.25, 0.3) is 0 Å². The summed E-state index contributed by atoms with van der Waals surface area (Å²) in [4.78, 5) is 11.9. The molecule has 0 saturated carbocycles. The Balaban J connectivity index is 1.50. The highest BCUT2D eigenvalue weighted by molar-refractivity contribution is 6.35. The Hall–Kier alpha value is -3.03. The second-order valence-corrected chi connectivity index (χ2v) is 7.61. The summed E-state index contributed by atoms with van der Waals surface area (Å²) in [5, 5.41) is 4.90. The number of hydrogen-bond acceptors (Lipinski definition) is 3. The monoisotopic (exact) mass is 480 g/mol. The average molecular weight is 481 g/mol. The van der Waals surface area contributed by atoms with Crippen LogP contribution < -0.4 is 10.2 Å². The van der Waals surface area contributed by atoms with Crippen molar-refractivity contribution >= 4 is 35.3 Å². The lowest BCUT2D eigenvalue weighted by Crippen LogP contribution is -2.20. The van der Waals surface area contributed by atoms with Gasteiger partial charge in [-0.25, -0.2) is 5.43 Å². The highest BCUT2D eigenvalue weighted by Crippen LogP contribution is 2.29. The first kappa shape index (κ1) is 23.6. The smallest absolute Gasteiger partial charge is 0.416 e. The molecule has 0 radical (unpaired) electrons. The first-order valence-electron chi connectivity index (χ1n) is 9.35. The lowest BCUT2D eigenvalue weighted by atomic mass is 10.1. The molecule has 0 spiro atoms. The van der Waals surface area contributed by atoms with E-state index < -0.39 is 17.6 Å². The van der Waals surface area contributed by atoms with Crippen molar-refractivity contribution < 1.29 is 22.7 Å². The van der Waals surface area contributed by atoms with E-state index in [-0.39, 0.29) is 18.6 Å². The number of ether oxygens (including phenoxy) is 1. The molecular weight excluding hydrogens is 464 g/mol. The molecular formula is C23H17Cl2F3N2O2. The number of hydrazone groups is 1. The number of amides is 1. The largest absolute Gasteiger partial charge is 0.489 e. The molecule has 0 saturated heterocycles. The third-order valence-electron chi connectivity index (χ3n) is 4.31. The van der Waals surface area contributed by atoms with Gasteiger partial charge in [0.1, 0.15) is 12.4 Å². The molecule has 3 aromatic carbocycles. The van der Waals surface area contributed by atoms with Crippen LogP contribution in [-0.4, -0.2) is 12.1 Å². The van der Waals surface area contributed by atoms with Crippen LogP contribution >= 0.6 is 23.2 Å². The van der Waals surface area contributed by atoms with Crippen LogP contribution in [0, 0.1) is 0 Å². The Morgan fingerprint density at radius 1 is 1.03 bits per heavy atom. The van der Waals surface area contributed by atoms with Gasteiger partial charge in [-0.15, -0.1) is 0 Å². The number of rotatable bonds is 7. The zero-order valence-corrected chi connectivity index (χ0v) is 18.0. The van der Waals surface area contributed by atoms with Gasteiger partial charge in [0.05, 0.1) is 18.2 Å². The molecule has 3 aromatic rings. The Labute approximate surface area is 192 Å². The SMILES string of the molecule is O=C(Cc1cccc(C(F)(F)F)c1)N/N=C/c1ccc(OCc2ccc(Cl)cc2Cl)cc1. The van der Waals surface area contributed by atoms with Crippen molar-refractivity contribution in [2.75, 3.05) is 0 Å². The molecule has 1 amide bonds. The van der Waals surface area contributed by atoms with Crippen LogP contribution in [-0.2, 0) is 24.0 Å². The second-order valence-electron chi connectivity index (χ2n) is 6.76. The number of carbonyl (C=O) groups is 1. The highest BCUT2D eigenvalue weighted by Gasteiger charge is 2.30. The van der Waals surface area contributed by atoms with Crippen molar-refractivity contribution in [2.45, 2.75) is 19.2 Å². The van der Waals surface area contributed by atoms with Gasteiger partial charge in [0.2, 0.25) is 5.91 Å². The van der Waals surface area contributed by atoms with Gasteiger partial charge in [-0.1, -0.05) is 47.5 Å². The average Bonchev–Trinajstić information content (AvgIpc) is 2.74. The number of benzene rings is 3. The zero-order valence-electron chi connectivity index (χ0n) is 16.5. The summed E-state index contributed by atoms with van der Waals surface area (Å²) in [7, 11) is 0. The fourth-order valence-electron chi connectivity index (χ4n) is 2.71. The summed E-state index contributed by atoms with van der Waals surface area (Å²) in [6.07, 6.45) is -3.26. The van der Waals surface area contributed by atoms with E-state index in [0.717, 1.165) is 17.7 Å². The zero-order chi connectivity index (χ0) is 23.1. The van der Waals surface area contributed by atoms with E-state index in [0.29, 0.717) is 21.4 Å². The molecule has 166 valence electrons. The molecule has 4 nitrogen and oxygen atoms in total. The Bertz CT molecular complexity index is 1120. The molecule has 0 aliphatic carbocycles. The fourth-order valence-corrected chi connectivity index (χ4v) is 3.17. The maximum atomic E-state index is 12.7. The van der Waals surface area contributed by atoms with Crippen LogP contribution in [0.3, 0.4) is 0 Å². The van der Waals surface area contributed by atoms with Gasteiger partial charge < -0.3 is 4.74 Å². The Morgan fingerprint density at radius 3 is 2.47 bits per heavy atom. The molecule has 0 aliphatic heterocycles. The molecule has 32 heavy (non-hydrogen) atoms. The lowest BCUT2D eigenvalue weighted by Gasteiger charge is -2.08. The van der Waals surface area contributed by atoms with Crippen LogP contribution in [0.5, 0.6) is 5.75 Å². The topological polar surface area (TPSA) is 50.7 Å². The quantitative estimate of drug-likeness (QED) is 0.319. The van der Waals surface area contributed by atoms with Gasteiger partial charge >= 0.3 is 6.18 Å². The molecule has 0 fully saturated rings. The summed E-state index contributed by atoms with van der Waals surface area (Å²) in [5.41, 5.74) is 3.24. The maximum absolute atomic E-state index is 12.7. The van der Waals surface area contributed by atoms with Gasteiger partial charge in [-0.3, -0.25) is 4.79 Å². The van der Waals surface area contributed by atoms with Gasteiger partial charge in [0, 0.05) is 15.6 Å². The highest BCUT2D eigenvalue weighted by atomic mass is 35.5. The Kier molecular flexibility index (Phi) is 7.77. The second kappa shape index (κ2) is 10.5. The summed E-state index contributed by atoms with van der Waals surface area (Å²) in [5.74, 6) is 0.0853. The number of alkyl halides is 3. The molecule has 0 aliphatic rings. The normalized spacial score (nSPS) is 11.5. The molecule has 0 aromatic heterocycles. The van der Waals surface area contributed by atoms with E-state index in [2.05, 4.69) is 10.5 Å². The van der Waals surface area contributed by atoms with Crippen molar-refractivity contribution in [3.8, 4) is 5.75 Å². The van der Waals surface area contributed by atoms with Crippen LogP contribution in [0.2, 0.25) is 10.0 Å². The number of nitrogens with zero attached hydrogens (tertiary/aromatic N) is 1. The number of carbonyl (C=O) groups excluding carboxylic acids is 1. The third kappa shape index (κ3) is 7.00. The summed E-state index contributed by atoms with van der Waals surface area (Å²) >= 11 is 12.0. The van der Waals surface area contributed by atoms with Crippen LogP contribution in [0.4, 0.5) is 13.2 Å². The van der Waals surface area contributed by atoms with Gasteiger partial charge in [-0.2, -0.15) is 18.3 Å². The molecule has 9 heteroatoms. The van der Waals surface area contributed by atoms with Crippen molar-refractivity contribution in [1.82, 2.24) is 5.43 Å². The minimum Gasteiger partial charge on any atom is -0.489 e. The van der Waals surface area contributed by atoms with Crippen LogP contribution in [0.25, 0.3) is 0 Å². The van der Waals surface area contributed by atoms with Crippen molar-refractivity contribution in [2.24, 2.45) is 5.10 Å². The molecule has 0 heterocycles. The summed E-state index contributed by atoms with van der Waals surface area (Å²) in [6, 6.07) is 16.7. The minimum atomic E-state index is -4.46. The van der Waals surface area contributed by atoms with E-state index in [1.807, 2.05) is 0 Å². The first-order valence-corrected chi connectivity index (χ1v) is 10.1. The van der Waals surface area contributed by atoms with E-state index in [9.17, 15) is 18.0 Å². The van der Waals surface area contributed by atoms with Crippen molar-refractivity contribution in [3.05, 3.63) is 99.0 Å². The predicted molar refractivity (Wildman–Crippen MR) is 118 cm³/mol. The summed E-state index contributed by atoms with van der Waals surface area (Å²) < 4.78 is 43.9. The van der Waals surface area contributed by atoms with Crippen LogP contribution in [0.15, 0.2) is 71.8 Å². The van der Waals surface area contributed by atoms with E-state index >= 15 is 0 Å². The van der Waals surface area contributed by atoms with Gasteiger partial charge in [-0.05, 0) is 53.6 Å². The number of nitrogens with one attached hydrogen (secondary N) is 1. The van der Waals surface area contributed by atoms with Crippen molar-refractivity contribution in [3.63, 3.8) is 0 Å². The van der Waals surface area contributed by atoms with Crippen LogP contribution in [0.1, 0.15) is 22.3 Å². The van der Waals surface area contributed by atoms with E-state index in [4.69, 9.17) is 27.9 Å². The molecule has 0 atom stereocenters. The molecule has 0 unspecified atom stereocenters. The fraction of sp³-hybridized carbons (Fsp3) is 0.130. The molecule has 3 rings (SSSR count). The molecule has 1 N–H and O–H groups in total. The maximum Gasteiger partial charge on any atom is 0.416 e. The van der Waals surface area contributed by atoms with E-state index in [1.54, 1.807) is 42.5 Å². The number of hydrogen-bond donors (Lipinski definition) is 1. The minimum absolute atomic E-state index is 0.221. The predicted octanol–water partition coefficient (Wildman–Crippen LogP) is 6.28. The summed E-state index contributed by atoms with van der Waals surface area (Å²) in [6.45, 7) is 0.273. The third-order valence-corrected chi connectivity index (χ3v) is 4.90.